The molecule has 29 heavy (non-hydrogen) atoms. The number of morpholine rings is 1. The summed E-state index contributed by atoms with van der Waals surface area (Å²) in [5.41, 5.74) is 3.16. The van der Waals surface area contributed by atoms with Crippen LogP contribution in [-0.4, -0.2) is 70.1 Å². The van der Waals surface area contributed by atoms with Gasteiger partial charge in [-0.25, -0.2) is 4.68 Å². The van der Waals surface area contributed by atoms with Crippen LogP contribution in [0, 0.1) is 0 Å². The van der Waals surface area contributed by atoms with E-state index in [0.717, 1.165) is 32.5 Å². The van der Waals surface area contributed by atoms with Gasteiger partial charge in [0.2, 0.25) is 0 Å². The molecule has 0 radical (unpaired) electrons. The molecule has 0 saturated carbocycles. The van der Waals surface area contributed by atoms with Crippen molar-refractivity contribution < 1.29 is 9.53 Å². The van der Waals surface area contributed by atoms with E-state index < -0.39 is 0 Å². The Balaban J connectivity index is 1.37. The highest BCUT2D eigenvalue weighted by Gasteiger charge is 2.25. The Morgan fingerprint density at radius 1 is 1.17 bits per heavy atom. The van der Waals surface area contributed by atoms with E-state index in [-0.39, 0.29) is 11.9 Å². The molecule has 3 heterocycles. The molecule has 4 rings (SSSR count). The van der Waals surface area contributed by atoms with E-state index in [1.165, 1.54) is 11.1 Å². The molecule has 1 amide bonds. The molecule has 0 bridgehead atoms. The number of benzene rings is 1. The fraction of sp³-hybridized carbons (Fsp3) is 0.591. The van der Waals surface area contributed by atoms with Crippen LogP contribution >= 0.6 is 0 Å². The van der Waals surface area contributed by atoms with E-state index >= 15 is 0 Å². The highest BCUT2D eigenvalue weighted by atomic mass is 16.5. The van der Waals surface area contributed by atoms with Gasteiger partial charge in [0.05, 0.1) is 25.5 Å². The van der Waals surface area contributed by atoms with Crippen LogP contribution in [0.1, 0.15) is 60.3 Å². The highest BCUT2D eigenvalue weighted by molar-refractivity contribution is 5.92. The fourth-order valence-corrected chi connectivity index (χ4v) is 4.14. The molecule has 1 aromatic carbocycles. The maximum Gasteiger partial charge on any atom is 0.276 e. The number of piperidine rings is 1. The number of aromatic nitrogens is 3. The van der Waals surface area contributed by atoms with E-state index in [1.54, 1.807) is 4.90 Å². The first-order valence-corrected chi connectivity index (χ1v) is 10.7. The van der Waals surface area contributed by atoms with Gasteiger partial charge in [0.1, 0.15) is 0 Å². The first kappa shape index (κ1) is 20.0. The van der Waals surface area contributed by atoms with Gasteiger partial charge in [-0.05, 0) is 36.4 Å². The zero-order valence-electron chi connectivity index (χ0n) is 17.5. The average Bonchev–Trinajstić information content (AvgIpc) is 3.25. The summed E-state index contributed by atoms with van der Waals surface area (Å²) in [6.07, 6.45) is 4.02. The topological polar surface area (TPSA) is 63.5 Å². The summed E-state index contributed by atoms with van der Waals surface area (Å²) in [5.74, 6) is 0.516. The molecular formula is C22H31N5O2. The average molecular weight is 398 g/mol. The Bertz CT molecular complexity index is 811. The summed E-state index contributed by atoms with van der Waals surface area (Å²) in [7, 11) is 0. The molecular weight excluding hydrogens is 366 g/mol. The fourth-order valence-electron chi connectivity index (χ4n) is 4.14. The first-order chi connectivity index (χ1) is 14.1. The van der Waals surface area contributed by atoms with Crippen LogP contribution in [0.5, 0.6) is 0 Å². The second kappa shape index (κ2) is 9.05. The normalized spacial score (nSPS) is 20.9. The van der Waals surface area contributed by atoms with Gasteiger partial charge in [0.25, 0.3) is 5.91 Å². The molecule has 1 atom stereocenters. The smallest absolute Gasteiger partial charge is 0.276 e. The van der Waals surface area contributed by atoms with E-state index in [2.05, 4.69) is 53.3 Å². The molecule has 1 aromatic heterocycles. The van der Waals surface area contributed by atoms with Gasteiger partial charge in [0.15, 0.2) is 5.69 Å². The molecule has 0 spiro atoms. The third-order valence-corrected chi connectivity index (χ3v) is 5.94. The van der Waals surface area contributed by atoms with Crippen LogP contribution in [0.3, 0.4) is 0 Å². The minimum absolute atomic E-state index is 0.0440. The largest absolute Gasteiger partial charge is 0.378 e. The molecule has 2 aliphatic rings. The Morgan fingerprint density at radius 2 is 1.93 bits per heavy atom. The van der Waals surface area contributed by atoms with Crippen molar-refractivity contribution in [3.8, 4) is 0 Å². The molecule has 7 nitrogen and oxygen atoms in total. The third kappa shape index (κ3) is 4.85. The van der Waals surface area contributed by atoms with Gasteiger partial charge in [-0.15, -0.1) is 5.10 Å². The van der Waals surface area contributed by atoms with Crippen LogP contribution in [0.2, 0.25) is 0 Å². The molecule has 2 aliphatic heterocycles. The number of rotatable bonds is 5. The number of nitrogens with zero attached hydrogens (tertiary/aromatic N) is 5. The minimum Gasteiger partial charge on any atom is -0.378 e. The van der Waals surface area contributed by atoms with Crippen molar-refractivity contribution in [3.05, 3.63) is 47.3 Å². The van der Waals surface area contributed by atoms with Gasteiger partial charge >= 0.3 is 0 Å². The lowest BCUT2D eigenvalue weighted by Gasteiger charge is -2.32. The van der Waals surface area contributed by atoms with Gasteiger partial charge in [-0.3, -0.25) is 9.69 Å². The molecule has 2 saturated heterocycles. The molecule has 7 heteroatoms. The molecule has 156 valence electrons. The number of likely N-dealkylation sites (tertiary alicyclic amines) is 1. The van der Waals surface area contributed by atoms with Gasteiger partial charge < -0.3 is 9.64 Å². The van der Waals surface area contributed by atoms with Gasteiger partial charge in [-0.1, -0.05) is 43.3 Å². The van der Waals surface area contributed by atoms with E-state index in [4.69, 9.17) is 4.74 Å². The van der Waals surface area contributed by atoms with Gasteiger partial charge in [-0.2, -0.15) is 0 Å². The van der Waals surface area contributed by atoms with E-state index in [9.17, 15) is 4.79 Å². The summed E-state index contributed by atoms with van der Waals surface area (Å²) in [6.45, 7) is 9.85. The number of hydrogen-bond donors (Lipinski definition) is 0. The Labute approximate surface area is 172 Å². The predicted octanol–water partition coefficient (Wildman–Crippen LogP) is 2.71. The molecule has 2 aromatic rings. The summed E-state index contributed by atoms with van der Waals surface area (Å²) in [5, 5.41) is 8.45. The second-order valence-corrected chi connectivity index (χ2v) is 8.42. The van der Waals surface area contributed by atoms with Gasteiger partial charge in [0, 0.05) is 26.2 Å². The SMILES string of the molecule is CC(C)c1ccc(CN2CCC[C@@H](n3cc(C(=O)N4CCOCC4)nn3)C2)cc1. The van der Waals surface area contributed by atoms with E-state index in [1.807, 2.05) is 10.9 Å². The zero-order chi connectivity index (χ0) is 20.2. The number of ether oxygens (including phenoxy) is 1. The van der Waals surface area contributed by atoms with Crippen molar-refractivity contribution in [2.75, 3.05) is 39.4 Å². The number of carbonyl (C=O) groups excluding carboxylic acids is 1. The molecule has 2 fully saturated rings. The third-order valence-electron chi connectivity index (χ3n) is 5.94. The predicted molar refractivity (Wildman–Crippen MR) is 111 cm³/mol. The van der Waals surface area contributed by atoms with E-state index in [0.29, 0.717) is 37.9 Å². The first-order valence-electron chi connectivity index (χ1n) is 10.7. The Kier molecular flexibility index (Phi) is 6.25. The quantitative estimate of drug-likeness (QED) is 0.776. The zero-order valence-corrected chi connectivity index (χ0v) is 17.5. The lowest BCUT2D eigenvalue weighted by atomic mass is 10.0. The number of amides is 1. The maximum atomic E-state index is 12.6. The minimum atomic E-state index is -0.0440. The highest BCUT2D eigenvalue weighted by Crippen LogP contribution is 2.23. The monoisotopic (exact) mass is 397 g/mol. The van der Waals surface area contributed by atoms with Crippen molar-refractivity contribution >= 4 is 5.91 Å². The van der Waals surface area contributed by atoms with Crippen molar-refractivity contribution in [1.29, 1.82) is 0 Å². The molecule has 0 unspecified atom stereocenters. The van der Waals surface area contributed by atoms with Crippen molar-refractivity contribution in [2.45, 2.75) is 45.2 Å². The molecule has 0 aliphatic carbocycles. The maximum absolute atomic E-state index is 12.6. The Hall–Kier alpha value is -2.25. The summed E-state index contributed by atoms with van der Waals surface area (Å²) in [4.78, 5) is 16.9. The molecule has 0 N–H and O–H groups in total. The summed E-state index contributed by atoms with van der Waals surface area (Å²) in [6, 6.07) is 9.23. The van der Waals surface area contributed by atoms with Crippen LogP contribution in [0.4, 0.5) is 0 Å². The van der Waals surface area contributed by atoms with Crippen LogP contribution < -0.4 is 0 Å². The van der Waals surface area contributed by atoms with Crippen molar-refractivity contribution in [2.24, 2.45) is 0 Å². The second-order valence-electron chi connectivity index (χ2n) is 8.42. The Morgan fingerprint density at radius 3 is 2.66 bits per heavy atom. The van der Waals surface area contributed by atoms with Crippen LogP contribution in [0.25, 0.3) is 0 Å². The van der Waals surface area contributed by atoms with Crippen LogP contribution in [0.15, 0.2) is 30.5 Å². The standard InChI is InChI=1S/C22H31N5O2/c1-17(2)19-7-5-18(6-8-19)14-25-9-3-4-20(15-25)27-16-21(23-24-27)22(28)26-10-12-29-13-11-26/h5-8,16-17,20H,3-4,9-15H2,1-2H3/t20-/m1/s1. The van der Waals surface area contributed by atoms with Crippen LogP contribution in [-0.2, 0) is 11.3 Å². The lowest BCUT2D eigenvalue weighted by molar-refractivity contribution is 0.0299. The van der Waals surface area contributed by atoms with Crippen molar-refractivity contribution in [3.63, 3.8) is 0 Å². The summed E-state index contributed by atoms with van der Waals surface area (Å²) >= 11 is 0. The number of carbonyl (C=O) groups is 1. The number of hydrogen-bond acceptors (Lipinski definition) is 5. The summed E-state index contributed by atoms with van der Waals surface area (Å²) < 4.78 is 7.21. The van der Waals surface area contributed by atoms with Crippen molar-refractivity contribution in [1.82, 2.24) is 24.8 Å². The lowest BCUT2D eigenvalue weighted by Crippen LogP contribution is -2.40.